The third-order valence-corrected chi connectivity index (χ3v) is 2.38. The lowest BCUT2D eigenvalue weighted by Crippen LogP contribution is -2.50. The summed E-state index contributed by atoms with van der Waals surface area (Å²) in [7, 11) is 0. The zero-order valence-electron chi connectivity index (χ0n) is 8.58. The van der Waals surface area contributed by atoms with Crippen LogP contribution in [0.3, 0.4) is 0 Å². The maximum atomic E-state index is 11.5. The van der Waals surface area contributed by atoms with Crippen LogP contribution in [0, 0.1) is 0 Å². The first-order chi connectivity index (χ1) is 7.04. The van der Waals surface area contributed by atoms with E-state index in [-0.39, 0.29) is 11.8 Å². The highest BCUT2D eigenvalue weighted by Gasteiger charge is 2.29. The van der Waals surface area contributed by atoms with Gasteiger partial charge in [0.15, 0.2) is 0 Å². The van der Waals surface area contributed by atoms with Crippen LogP contribution in [-0.4, -0.2) is 29.8 Å². The standard InChI is InChI=1S/C9H15N3O3/c1-2-5(8(10)14)12-9(15)6-3-4-7(13)11-6/h5-6H,2-4H2,1H3,(H2,10,14)(H,11,13)(H,12,15)/t5-,6+/m0/s1. The van der Waals surface area contributed by atoms with E-state index in [1.807, 2.05) is 0 Å². The molecule has 1 saturated heterocycles. The Hall–Kier alpha value is -1.59. The Bertz CT molecular complexity index is 290. The first kappa shape index (κ1) is 11.5. The molecular formula is C9H15N3O3. The van der Waals surface area contributed by atoms with E-state index in [1.54, 1.807) is 6.92 Å². The summed E-state index contributed by atoms with van der Waals surface area (Å²) in [5, 5.41) is 5.02. The van der Waals surface area contributed by atoms with Crippen molar-refractivity contribution in [3.8, 4) is 0 Å². The Morgan fingerprint density at radius 3 is 2.73 bits per heavy atom. The van der Waals surface area contributed by atoms with E-state index in [1.165, 1.54) is 0 Å². The first-order valence-electron chi connectivity index (χ1n) is 4.93. The molecule has 4 N–H and O–H groups in total. The van der Waals surface area contributed by atoms with Gasteiger partial charge in [-0.25, -0.2) is 0 Å². The van der Waals surface area contributed by atoms with E-state index in [0.717, 1.165) is 0 Å². The highest BCUT2D eigenvalue weighted by atomic mass is 16.2. The number of rotatable bonds is 4. The molecule has 1 fully saturated rings. The summed E-state index contributed by atoms with van der Waals surface area (Å²) >= 11 is 0. The molecule has 3 amide bonds. The molecule has 0 saturated carbocycles. The molecule has 15 heavy (non-hydrogen) atoms. The molecule has 1 aliphatic rings. The zero-order chi connectivity index (χ0) is 11.4. The predicted octanol–water partition coefficient (Wildman–Crippen LogP) is -1.35. The normalized spacial score (nSPS) is 21.9. The molecule has 2 atom stereocenters. The molecule has 1 heterocycles. The third-order valence-electron chi connectivity index (χ3n) is 2.38. The van der Waals surface area contributed by atoms with Crippen molar-refractivity contribution in [1.82, 2.24) is 10.6 Å². The van der Waals surface area contributed by atoms with Crippen LogP contribution < -0.4 is 16.4 Å². The van der Waals surface area contributed by atoms with Gasteiger partial charge in [-0.3, -0.25) is 14.4 Å². The SMILES string of the molecule is CC[C@H](NC(=O)[C@H]1CCC(=O)N1)C(N)=O. The number of carbonyl (C=O) groups excluding carboxylic acids is 3. The van der Waals surface area contributed by atoms with Crippen LogP contribution in [0.25, 0.3) is 0 Å². The summed E-state index contributed by atoms with van der Waals surface area (Å²) in [5.41, 5.74) is 5.08. The third kappa shape index (κ3) is 2.93. The second kappa shape index (κ2) is 4.77. The van der Waals surface area contributed by atoms with Crippen molar-refractivity contribution in [3.05, 3.63) is 0 Å². The molecule has 84 valence electrons. The van der Waals surface area contributed by atoms with Crippen LogP contribution in [-0.2, 0) is 14.4 Å². The molecule has 0 bridgehead atoms. The fraction of sp³-hybridized carbons (Fsp3) is 0.667. The molecular weight excluding hydrogens is 198 g/mol. The van der Waals surface area contributed by atoms with Crippen molar-refractivity contribution in [2.24, 2.45) is 5.73 Å². The van der Waals surface area contributed by atoms with Gasteiger partial charge in [0.25, 0.3) is 0 Å². The van der Waals surface area contributed by atoms with Crippen LogP contribution in [0.5, 0.6) is 0 Å². The van der Waals surface area contributed by atoms with Gasteiger partial charge in [0.2, 0.25) is 17.7 Å². The van der Waals surface area contributed by atoms with Gasteiger partial charge in [-0.05, 0) is 12.8 Å². The number of amides is 3. The van der Waals surface area contributed by atoms with Crippen molar-refractivity contribution in [2.75, 3.05) is 0 Å². The molecule has 6 heteroatoms. The predicted molar refractivity (Wildman–Crippen MR) is 52.6 cm³/mol. The summed E-state index contributed by atoms with van der Waals surface area (Å²) in [5.74, 6) is -1.04. The van der Waals surface area contributed by atoms with E-state index in [4.69, 9.17) is 5.73 Å². The average molecular weight is 213 g/mol. The van der Waals surface area contributed by atoms with Crippen molar-refractivity contribution in [1.29, 1.82) is 0 Å². The fourth-order valence-corrected chi connectivity index (χ4v) is 1.46. The van der Waals surface area contributed by atoms with E-state index in [0.29, 0.717) is 19.3 Å². The molecule has 6 nitrogen and oxygen atoms in total. The molecule has 0 aromatic rings. The largest absolute Gasteiger partial charge is 0.368 e. The first-order valence-corrected chi connectivity index (χ1v) is 4.93. The minimum atomic E-state index is -0.657. The molecule has 0 aromatic heterocycles. The van der Waals surface area contributed by atoms with E-state index in [9.17, 15) is 14.4 Å². The quantitative estimate of drug-likeness (QED) is 0.537. The lowest BCUT2D eigenvalue weighted by molar-refractivity contribution is -0.129. The Balaban J connectivity index is 2.47. The summed E-state index contributed by atoms with van der Waals surface area (Å²) in [6.45, 7) is 1.75. The van der Waals surface area contributed by atoms with Crippen molar-refractivity contribution >= 4 is 17.7 Å². The number of hydrogen-bond acceptors (Lipinski definition) is 3. The molecule has 0 radical (unpaired) electrons. The number of hydrogen-bond donors (Lipinski definition) is 3. The average Bonchev–Trinajstić information content (AvgIpc) is 2.60. The molecule has 1 rings (SSSR count). The summed E-state index contributed by atoms with van der Waals surface area (Å²) in [6, 6.07) is -1.18. The second-order valence-corrected chi connectivity index (χ2v) is 3.53. The van der Waals surface area contributed by atoms with Gasteiger partial charge in [-0.2, -0.15) is 0 Å². The van der Waals surface area contributed by atoms with Gasteiger partial charge >= 0.3 is 0 Å². The smallest absolute Gasteiger partial charge is 0.243 e. The lowest BCUT2D eigenvalue weighted by Gasteiger charge is -2.16. The van der Waals surface area contributed by atoms with Crippen molar-refractivity contribution in [3.63, 3.8) is 0 Å². The lowest BCUT2D eigenvalue weighted by atomic mass is 10.1. The Morgan fingerprint density at radius 2 is 2.33 bits per heavy atom. The number of carbonyl (C=O) groups is 3. The molecule has 0 aliphatic carbocycles. The summed E-state index contributed by atoms with van der Waals surface area (Å²) in [4.78, 5) is 33.3. The minimum Gasteiger partial charge on any atom is -0.368 e. The van der Waals surface area contributed by atoms with Crippen molar-refractivity contribution in [2.45, 2.75) is 38.3 Å². The van der Waals surface area contributed by atoms with Crippen LogP contribution in [0.4, 0.5) is 0 Å². The maximum Gasteiger partial charge on any atom is 0.243 e. The monoisotopic (exact) mass is 213 g/mol. The Kier molecular flexibility index (Phi) is 3.65. The van der Waals surface area contributed by atoms with Crippen LogP contribution in [0.2, 0.25) is 0 Å². The number of primary amides is 1. The van der Waals surface area contributed by atoms with E-state index >= 15 is 0 Å². The van der Waals surface area contributed by atoms with E-state index in [2.05, 4.69) is 10.6 Å². The van der Waals surface area contributed by atoms with Gasteiger partial charge in [0.1, 0.15) is 12.1 Å². The summed E-state index contributed by atoms with van der Waals surface area (Å²) in [6.07, 6.45) is 1.27. The van der Waals surface area contributed by atoms with Gasteiger partial charge in [0, 0.05) is 6.42 Å². The Morgan fingerprint density at radius 1 is 1.67 bits per heavy atom. The number of nitrogens with two attached hydrogens (primary N) is 1. The van der Waals surface area contributed by atoms with Gasteiger partial charge in [-0.15, -0.1) is 0 Å². The molecule has 1 aliphatic heterocycles. The molecule has 0 spiro atoms. The zero-order valence-corrected chi connectivity index (χ0v) is 8.58. The van der Waals surface area contributed by atoms with Crippen molar-refractivity contribution < 1.29 is 14.4 Å². The number of nitrogens with one attached hydrogen (secondary N) is 2. The Labute approximate surface area is 87.6 Å². The molecule has 0 aromatic carbocycles. The van der Waals surface area contributed by atoms with Gasteiger partial charge < -0.3 is 16.4 Å². The van der Waals surface area contributed by atoms with Crippen LogP contribution in [0.15, 0.2) is 0 Å². The summed E-state index contributed by atoms with van der Waals surface area (Å²) < 4.78 is 0. The van der Waals surface area contributed by atoms with Gasteiger partial charge in [0.05, 0.1) is 0 Å². The topological polar surface area (TPSA) is 101 Å². The second-order valence-electron chi connectivity index (χ2n) is 3.53. The highest BCUT2D eigenvalue weighted by Crippen LogP contribution is 2.06. The van der Waals surface area contributed by atoms with Gasteiger partial charge in [-0.1, -0.05) is 6.92 Å². The fourth-order valence-electron chi connectivity index (χ4n) is 1.46. The minimum absolute atomic E-state index is 0.137. The van der Waals surface area contributed by atoms with Crippen LogP contribution >= 0.6 is 0 Å². The van der Waals surface area contributed by atoms with Crippen LogP contribution in [0.1, 0.15) is 26.2 Å². The highest BCUT2D eigenvalue weighted by molar-refractivity contribution is 5.93. The van der Waals surface area contributed by atoms with E-state index < -0.39 is 18.0 Å². The maximum absolute atomic E-state index is 11.5. The molecule has 0 unspecified atom stereocenters.